The maximum atomic E-state index is 15.2. The molecule has 0 spiro atoms. The summed E-state index contributed by atoms with van der Waals surface area (Å²) >= 11 is 0. The summed E-state index contributed by atoms with van der Waals surface area (Å²) in [4.78, 5) is 36.4. The van der Waals surface area contributed by atoms with E-state index in [1.54, 1.807) is 25.3 Å². The fourth-order valence-corrected chi connectivity index (χ4v) is 6.16. The smallest absolute Gasteiger partial charge is 0.306 e. The van der Waals surface area contributed by atoms with E-state index in [9.17, 15) is 19.1 Å². The van der Waals surface area contributed by atoms with E-state index in [1.807, 2.05) is 4.90 Å². The number of hydroxylamine groups is 2. The molecule has 13 heteroatoms. The Balaban J connectivity index is 1.29. The van der Waals surface area contributed by atoms with Gasteiger partial charge in [-0.25, -0.2) is 8.78 Å². The van der Waals surface area contributed by atoms with Crippen molar-refractivity contribution in [3.63, 3.8) is 0 Å². The Morgan fingerprint density at radius 3 is 2.55 bits per heavy atom. The van der Waals surface area contributed by atoms with Crippen LogP contribution in [0.5, 0.6) is 5.75 Å². The van der Waals surface area contributed by atoms with Crippen molar-refractivity contribution in [3.05, 3.63) is 47.5 Å². The van der Waals surface area contributed by atoms with Gasteiger partial charge in [0.25, 0.3) is 6.01 Å². The highest BCUT2D eigenvalue weighted by atomic mass is 19.1. The molecule has 2 N–H and O–H groups in total. The molecule has 1 saturated carbocycles. The van der Waals surface area contributed by atoms with Crippen molar-refractivity contribution in [1.82, 2.24) is 14.9 Å². The number of fused-ring (bicyclic) bond motifs is 1. The summed E-state index contributed by atoms with van der Waals surface area (Å²) in [5.41, 5.74) is 0.797. The molecule has 0 radical (unpaired) electrons. The summed E-state index contributed by atoms with van der Waals surface area (Å²) in [5.74, 6) is -2.07. The molecule has 2 heterocycles. The first kappa shape index (κ1) is 31.6. The van der Waals surface area contributed by atoms with Crippen LogP contribution in [0.2, 0.25) is 0 Å². The zero-order valence-corrected chi connectivity index (χ0v) is 25.1. The molecule has 0 unspecified atom stereocenters. The number of likely N-dealkylation sites (tertiary alicyclic amines) is 1. The lowest BCUT2D eigenvalue weighted by Gasteiger charge is -2.34. The van der Waals surface area contributed by atoms with Gasteiger partial charge in [-0.15, -0.1) is 0 Å². The second-order valence-electron chi connectivity index (χ2n) is 11.4. The van der Waals surface area contributed by atoms with Gasteiger partial charge in [-0.2, -0.15) is 10.0 Å². The summed E-state index contributed by atoms with van der Waals surface area (Å²) in [6.45, 7) is 0.839. The first-order chi connectivity index (χ1) is 21.1. The number of carbonyl (C=O) groups excluding carboxylic acids is 1. The Bertz CT molecular complexity index is 1480. The molecule has 1 saturated heterocycles. The molecule has 44 heavy (non-hydrogen) atoms. The minimum absolute atomic E-state index is 0.0243. The average Bonchev–Trinajstić information content (AvgIpc) is 3.60. The number of carboxylic acid groups (broad SMARTS) is 1. The molecule has 0 bridgehead atoms. The largest absolute Gasteiger partial charge is 0.495 e. The van der Waals surface area contributed by atoms with Crippen LogP contribution in [0.25, 0.3) is 11.1 Å². The summed E-state index contributed by atoms with van der Waals surface area (Å²) in [5, 5.41) is 13.8. The molecule has 238 valence electrons. The maximum absolute atomic E-state index is 15.2. The number of rotatable bonds is 12. The maximum Gasteiger partial charge on any atom is 0.306 e. The predicted octanol–water partition coefficient (Wildman–Crippen LogP) is 4.91. The number of carbonyl (C=O) groups is 2. The lowest BCUT2D eigenvalue weighted by molar-refractivity contribution is -0.146. The number of carboxylic acids is 1. The molecule has 11 nitrogen and oxygen atoms in total. The van der Waals surface area contributed by atoms with Crippen LogP contribution in [-0.2, 0) is 25.6 Å². The molecule has 1 aliphatic carbocycles. The average molecular weight is 617 g/mol. The van der Waals surface area contributed by atoms with Gasteiger partial charge in [0.05, 0.1) is 51.0 Å². The van der Waals surface area contributed by atoms with E-state index < -0.39 is 17.6 Å². The Labute approximate surface area is 254 Å². The molecule has 2 atom stereocenters. The monoisotopic (exact) mass is 616 g/mol. The molecule has 5 rings (SSSR count). The van der Waals surface area contributed by atoms with E-state index >= 15 is 4.39 Å². The third-order valence-electron chi connectivity index (χ3n) is 8.50. The van der Waals surface area contributed by atoms with Gasteiger partial charge in [-0.05, 0) is 68.4 Å². The summed E-state index contributed by atoms with van der Waals surface area (Å²) in [6.07, 6.45) is 3.90. The Hall–Kier alpha value is -3.81. The minimum Gasteiger partial charge on any atom is -0.495 e. The van der Waals surface area contributed by atoms with E-state index in [0.29, 0.717) is 50.1 Å². The SMILES string of the molecule is COc1ccc(F)cc1Nc1nc2c(F)cc(CC(=O)N3[C@H](COC4CCC(C(=O)O)CC4)CC[C@H]3CN(C)OC)cc2o1. The molecule has 2 fully saturated rings. The zero-order chi connectivity index (χ0) is 31.4. The van der Waals surface area contributed by atoms with Gasteiger partial charge in [0.1, 0.15) is 17.1 Å². The first-order valence-corrected chi connectivity index (χ1v) is 14.8. The molecule has 3 aromatic rings. The van der Waals surface area contributed by atoms with Gasteiger partial charge in [-0.3, -0.25) is 9.59 Å². The van der Waals surface area contributed by atoms with E-state index in [2.05, 4.69) is 10.3 Å². The molecular weight excluding hydrogens is 578 g/mol. The summed E-state index contributed by atoms with van der Waals surface area (Å²) < 4.78 is 46.2. The standard InChI is InChI=1S/C31H38F2N4O7/c1-36(42-3)16-21-7-8-22(17-43-23-9-4-19(5-10-23)30(39)40)37(21)28(38)14-18-12-24(33)29-27(13-18)44-31(35-29)34-25-15-20(32)6-11-26(25)41-2/h6,11-13,15,19,21-23H,4-5,7-10,14,16-17H2,1-3H3,(H,34,35)(H,39,40)/t19?,21-,22-,23?/m0/s1. The molecule has 1 aromatic heterocycles. The second kappa shape index (κ2) is 13.9. The minimum atomic E-state index is -0.764. The van der Waals surface area contributed by atoms with Crippen molar-refractivity contribution in [2.24, 2.45) is 5.92 Å². The molecular formula is C31H38F2N4O7. The van der Waals surface area contributed by atoms with E-state index in [-0.39, 0.29) is 59.2 Å². The summed E-state index contributed by atoms with van der Waals surface area (Å²) in [6, 6.07) is 6.41. The number of nitrogens with one attached hydrogen (secondary N) is 1. The highest BCUT2D eigenvalue weighted by Gasteiger charge is 2.38. The normalized spacial score (nSPS) is 22.1. The van der Waals surface area contributed by atoms with Crippen molar-refractivity contribution in [2.75, 3.05) is 39.7 Å². The number of likely N-dealkylation sites (N-methyl/N-ethyl adjacent to an activating group) is 1. The quantitative estimate of drug-likeness (QED) is 0.271. The van der Waals surface area contributed by atoms with Crippen molar-refractivity contribution in [2.45, 2.75) is 63.1 Å². The lowest BCUT2D eigenvalue weighted by Crippen LogP contribution is -2.48. The van der Waals surface area contributed by atoms with Gasteiger partial charge in [0.15, 0.2) is 11.4 Å². The van der Waals surface area contributed by atoms with Crippen LogP contribution in [0, 0.1) is 17.6 Å². The van der Waals surface area contributed by atoms with E-state index in [0.717, 1.165) is 12.8 Å². The Kier molecular flexibility index (Phi) is 9.97. The number of anilines is 2. The van der Waals surface area contributed by atoms with Crippen molar-refractivity contribution in [1.29, 1.82) is 0 Å². The van der Waals surface area contributed by atoms with Gasteiger partial charge in [-0.1, -0.05) is 0 Å². The predicted molar refractivity (Wildman–Crippen MR) is 157 cm³/mol. The number of benzene rings is 2. The fourth-order valence-electron chi connectivity index (χ4n) is 6.16. The van der Waals surface area contributed by atoms with Gasteiger partial charge in [0.2, 0.25) is 5.91 Å². The lowest BCUT2D eigenvalue weighted by atomic mass is 9.87. The van der Waals surface area contributed by atoms with Gasteiger partial charge in [0, 0.05) is 25.7 Å². The zero-order valence-electron chi connectivity index (χ0n) is 25.1. The van der Waals surface area contributed by atoms with Crippen LogP contribution in [0.3, 0.4) is 0 Å². The number of aliphatic carboxylic acids is 1. The van der Waals surface area contributed by atoms with Crippen molar-refractivity contribution in [3.8, 4) is 5.75 Å². The number of oxazole rings is 1. The van der Waals surface area contributed by atoms with Gasteiger partial charge < -0.3 is 34.1 Å². The van der Waals surface area contributed by atoms with Crippen LogP contribution in [0.4, 0.5) is 20.5 Å². The first-order valence-electron chi connectivity index (χ1n) is 14.8. The van der Waals surface area contributed by atoms with E-state index in [4.69, 9.17) is 18.7 Å². The number of hydrogen-bond donors (Lipinski definition) is 2. The number of aromatic nitrogens is 1. The Morgan fingerprint density at radius 1 is 1.09 bits per heavy atom. The summed E-state index contributed by atoms with van der Waals surface area (Å²) in [7, 11) is 4.80. The number of nitrogens with zero attached hydrogens (tertiary/aromatic N) is 3. The van der Waals surface area contributed by atoms with Crippen molar-refractivity contribution < 1.29 is 42.2 Å². The van der Waals surface area contributed by atoms with Crippen LogP contribution in [0.1, 0.15) is 44.1 Å². The van der Waals surface area contributed by atoms with Crippen LogP contribution in [-0.4, -0.2) is 84.5 Å². The van der Waals surface area contributed by atoms with Crippen LogP contribution in [0.15, 0.2) is 34.7 Å². The van der Waals surface area contributed by atoms with E-state index in [1.165, 1.54) is 31.4 Å². The number of methoxy groups -OCH3 is 1. The molecule has 2 aromatic carbocycles. The molecule has 1 aliphatic heterocycles. The number of ether oxygens (including phenoxy) is 2. The van der Waals surface area contributed by atoms with Gasteiger partial charge >= 0.3 is 5.97 Å². The molecule has 2 aliphatic rings. The highest BCUT2D eigenvalue weighted by molar-refractivity contribution is 5.83. The fraction of sp³-hybridized carbons (Fsp3) is 0.516. The third-order valence-corrected chi connectivity index (χ3v) is 8.50. The number of hydrogen-bond acceptors (Lipinski definition) is 9. The van der Waals surface area contributed by atoms with Crippen LogP contribution >= 0.6 is 0 Å². The topological polar surface area (TPSA) is 127 Å². The van der Waals surface area contributed by atoms with Crippen LogP contribution < -0.4 is 10.1 Å². The second-order valence-corrected chi connectivity index (χ2v) is 11.4. The van der Waals surface area contributed by atoms with Crippen molar-refractivity contribution >= 4 is 34.7 Å². The Morgan fingerprint density at radius 2 is 1.84 bits per heavy atom. The molecule has 1 amide bonds. The number of amides is 1. The number of halogens is 2. The third kappa shape index (κ3) is 7.28. The highest BCUT2D eigenvalue weighted by Crippen LogP contribution is 2.33.